The van der Waals surface area contributed by atoms with Crippen molar-refractivity contribution in [2.45, 2.75) is 18.9 Å². The topological polar surface area (TPSA) is 59.2 Å². The summed E-state index contributed by atoms with van der Waals surface area (Å²) in [6, 6.07) is 11.4. The lowest BCUT2D eigenvalue weighted by Gasteiger charge is -2.14. The Hall–Kier alpha value is -2.18. The molecule has 0 aliphatic carbocycles. The van der Waals surface area contributed by atoms with E-state index in [0.717, 1.165) is 5.56 Å². The van der Waals surface area contributed by atoms with Gasteiger partial charge in [-0.25, -0.2) is 0 Å². The minimum atomic E-state index is -0.0683. The van der Waals surface area contributed by atoms with Crippen LogP contribution in [0.15, 0.2) is 46.3 Å². The predicted octanol–water partition coefficient (Wildman–Crippen LogP) is 3.97. The molecule has 1 aliphatic heterocycles. The summed E-state index contributed by atoms with van der Waals surface area (Å²) in [7, 11) is 0. The number of carbonyl (C=O) groups excluding carboxylic acids is 1. The predicted molar refractivity (Wildman–Crippen MR) is 91.8 cm³/mol. The highest BCUT2D eigenvalue weighted by Gasteiger charge is 2.34. The van der Waals surface area contributed by atoms with Crippen LogP contribution < -0.4 is 0 Å². The Morgan fingerprint density at radius 3 is 2.96 bits per heavy atom. The Labute approximate surface area is 147 Å². The minimum absolute atomic E-state index is 0.0683. The van der Waals surface area contributed by atoms with Crippen molar-refractivity contribution in [1.82, 2.24) is 15.0 Å². The molecule has 0 saturated carbocycles. The van der Waals surface area contributed by atoms with Crippen molar-refractivity contribution in [2.24, 2.45) is 0 Å². The van der Waals surface area contributed by atoms with Crippen LogP contribution in [0.3, 0.4) is 0 Å². The number of halogens is 1. The Morgan fingerprint density at radius 1 is 1.29 bits per heavy atom. The van der Waals surface area contributed by atoms with Crippen LogP contribution in [0.4, 0.5) is 0 Å². The third-order valence-electron chi connectivity index (χ3n) is 4.05. The lowest BCUT2D eigenvalue weighted by Crippen LogP contribution is -2.23. The third-order valence-corrected chi connectivity index (χ3v) is 5.24. The summed E-state index contributed by atoms with van der Waals surface area (Å²) < 4.78 is 5.39. The molecular weight excluding hydrogens is 346 g/mol. The zero-order chi connectivity index (χ0) is 16.5. The SMILES string of the molecule is O=C1CC(c2nc(-c3ccccc3Cl)no2)CN1Cc1cccs1. The number of thiophene rings is 1. The van der Waals surface area contributed by atoms with E-state index in [4.69, 9.17) is 16.1 Å². The fourth-order valence-electron chi connectivity index (χ4n) is 2.83. The van der Waals surface area contributed by atoms with Crippen molar-refractivity contribution >= 4 is 28.8 Å². The molecule has 0 radical (unpaired) electrons. The van der Waals surface area contributed by atoms with Gasteiger partial charge in [-0.1, -0.05) is 35.0 Å². The fraction of sp³-hybridized carbons (Fsp3) is 0.235. The highest BCUT2D eigenvalue weighted by molar-refractivity contribution is 7.09. The number of rotatable bonds is 4. The second-order valence-corrected chi connectivity index (χ2v) is 7.13. The quantitative estimate of drug-likeness (QED) is 0.707. The van der Waals surface area contributed by atoms with Crippen LogP contribution in [0.5, 0.6) is 0 Å². The van der Waals surface area contributed by atoms with Gasteiger partial charge in [0.15, 0.2) is 0 Å². The molecule has 5 nitrogen and oxygen atoms in total. The van der Waals surface area contributed by atoms with Gasteiger partial charge in [-0.15, -0.1) is 11.3 Å². The summed E-state index contributed by atoms with van der Waals surface area (Å²) in [5, 5.41) is 6.61. The van der Waals surface area contributed by atoms with E-state index in [1.165, 1.54) is 4.88 Å². The smallest absolute Gasteiger partial charge is 0.232 e. The van der Waals surface area contributed by atoms with Gasteiger partial charge in [0.2, 0.25) is 17.6 Å². The molecule has 1 aromatic carbocycles. The van der Waals surface area contributed by atoms with Gasteiger partial charge < -0.3 is 9.42 Å². The van der Waals surface area contributed by atoms with Crippen molar-refractivity contribution in [3.05, 3.63) is 57.6 Å². The molecule has 3 heterocycles. The standard InChI is InChI=1S/C17H14ClN3O2S/c18-14-6-2-1-5-13(14)16-19-17(23-20-16)11-8-15(22)21(9-11)10-12-4-3-7-24-12/h1-7,11H,8-10H2. The maximum Gasteiger partial charge on any atom is 0.232 e. The molecule has 0 N–H and O–H groups in total. The highest BCUT2D eigenvalue weighted by atomic mass is 35.5. The van der Waals surface area contributed by atoms with E-state index >= 15 is 0 Å². The van der Waals surface area contributed by atoms with Crippen LogP contribution in [-0.4, -0.2) is 27.5 Å². The second kappa shape index (κ2) is 6.37. The molecule has 1 atom stereocenters. The third kappa shape index (κ3) is 2.95. The number of carbonyl (C=O) groups is 1. The fourth-order valence-corrected chi connectivity index (χ4v) is 3.77. The summed E-state index contributed by atoms with van der Waals surface area (Å²) in [6.07, 6.45) is 0.398. The van der Waals surface area contributed by atoms with Crippen molar-refractivity contribution in [2.75, 3.05) is 6.54 Å². The molecule has 1 fully saturated rings. The monoisotopic (exact) mass is 359 g/mol. The van der Waals surface area contributed by atoms with Crippen molar-refractivity contribution in [1.29, 1.82) is 0 Å². The molecule has 1 amide bonds. The number of likely N-dealkylation sites (tertiary alicyclic amines) is 1. The first-order valence-electron chi connectivity index (χ1n) is 7.59. The van der Waals surface area contributed by atoms with E-state index in [1.807, 2.05) is 40.6 Å². The lowest BCUT2D eigenvalue weighted by molar-refractivity contribution is -0.128. The summed E-state index contributed by atoms with van der Waals surface area (Å²) in [4.78, 5) is 19.7. The number of benzene rings is 1. The van der Waals surface area contributed by atoms with Crippen LogP contribution in [0.25, 0.3) is 11.4 Å². The lowest BCUT2D eigenvalue weighted by atomic mass is 10.1. The molecule has 1 saturated heterocycles. The molecule has 0 bridgehead atoms. The van der Waals surface area contributed by atoms with E-state index in [-0.39, 0.29) is 11.8 Å². The first-order valence-corrected chi connectivity index (χ1v) is 8.85. The van der Waals surface area contributed by atoms with E-state index in [1.54, 1.807) is 17.4 Å². The van der Waals surface area contributed by atoms with Gasteiger partial charge >= 0.3 is 0 Å². The first-order chi connectivity index (χ1) is 11.7. The number of nitrogens with zero attached hydrogens (tertiary/aromatic N) is 3. The number of hydrogen-bond donors (Lipinski definition) is 0. The van der Waals surface area contributed by atoms with Gasteiger partial charge in [-0.3, -0.25) is 4.79 Å². The van der Waals surface area contributed by atoms with Gasteiger partial charge in [-0.05, 0) is 23.6 Å². The molecule has 2 aromatic heterocycles. The average molecular weight is 360 g/mol. The molecule has 0 spiro atoms. The largest absolute Gasteiger partial charge is 0.339 e. The van der Waals surface area contributed by atoms with E-state index in [9.17, 15) is 4.79 Å². The number of amides is 1. The summed E-state index contributed by atoms with van der Waals surface area (Å²) in [5.74, 6) is 0.999. The van der Waals surface area contributed by atoms with Gasteiger partial charge in [-0.2, -0.15) is 4.98 Å². The summed E-state index contributed by atoms with van der Waals surface area (Å²) in [5.41, 5.74) is 0.730. The zero-order valence-electron chi connectivity index (χ0n) is 12.7. The first kappa shape index (κ1) is 15.4. The highest BCUT2D eigenvalue weighted by Crippen LogP contribution is 2.31. The Balaban J connectivity index is 1.51. The van der Waals surface area contributed by atoms with Crippen molar-refractivity contribution in [3.8, 4) is 11.4 Å². The van der Waals surface area contributed by atoms with Crippen LogP contribution in [0, 0.1) is 0 Å². The maximum absolute atomic E-state index is 12.2. The summed E-state index contributed by atoms with van der Waals surface area (Å²) >= 11 is 7.82. The summed E-state index contributed by atoms with van der Waals surface area (Å²) in [6.45, 7) is 1.24. The van der Waals surface area contributed by atoms with Crippen LogP contribution >= 0.6 is 22.9 Å². The van der Waals surface area contributed by atoms with E-state index in [0.29, 0.717) is 36.2 Å². The van der Waals surface area contributed by atoms with Crippen molar-refractivity contribution in [3.63, 3.8) is 0 Å². The van der Waals surface area contributed by atoms with Crippen molar-refractivity contribution < 1.29 is 9.32 Å². The molecule has 122 valence electrons. The Bertz CT molecular complexity index is 862. The van der Waals surface area contributed by atoms with E-state index in [2.05, 4.69) is 10.1 Å². The van der Waals surface area contributed by atoms with E-state index < -0.39 is 0 Å². The molecule has 1 aliphatic rings. The van der Waals surface area contributed by atoms with Gasteiger partial charge in [0.05, 0.1) is 17.5 Å². The molecule has 24 heavy (non-hydrogen) atoms. The Kier molecular flexibility index (Phi) is 4.08. The van der Waals surface area contributed by atoms with Crippen LogP contribution in [0.2, 0.25) is 5.02 Å². The second-order valence-electron chi connectivity index (χ2n) is 5.69. The van der Waals surface area contributed by atoms with Gasteiger partial charge in [0.25, 0.3) is 0 Å². The molecule has 4 rings (SSSR count). The maximum atomic E-state index is 12.2. The molecule has 3 aromatic rings. The average Bonchev–Trinajstić information content (AvgIpc) is 3.30. The minimum Gasteiger partial charge on any atom is -0.339 e. The Morgan fingerprint density at radius 2 is 2.17 bits per heavy atom. The molecule has 7 heteroatoms. The number of aromatic nitrogens is 2. The normalized spacial score (nSPS) is 17.6. The van der Waals surface area contributed by atoms with Crippen LogP contribution in [-0.2, 0) is 11.3 Å². The molecule has 1 unspecified atom stereocenters. The van der Waals surface area contributed by atoms with Crippen LogP contribution in [0.1, 0.15) is 23.1 Å². The van der Waals surface area contributed by atoms with Gasteiger partial charge in [0.1, 0.15) is 0 Å². The number of hydrogen-bond acceptors (Lipinski definition) is 5. The zero-order valence-corrected chi connectivity index (χ0v) is 14.3. The molecular formula is C17H14ClN3O2S. The van der Waals surface area contributed by atoms with Gasteiger partial charge in [0, 0.05) is 23.4 Å².